The normalized spacial score (nSPS) is 19.7. The number of rotatable bonds is 4. The van der Waals surface area contributed by atoms with Crippen molar-refractivity contribution < 1.29 is 0 Å². The van der Waals surface area contributed by atoms with Crippen LogP contribution in [0.15, 0.2) is 11.6 Å². The zero-order valence-corrected chi connectivity index (χ0v) is 11.9. The lowest BCUT2D eigenvalue weighted by Gasteiger charge is -2.32. The number of nitrogens with one attached hydrogen (secondary N) is 1. The van der Waals surface area contributed by atoms with Crippen LogP contribution in [0.2, 0.25) is 0 Å². The van der Waals surface area contributed by atoms with Crippen molar-refractivity contribution in [3.05, 3.63) is 16.6 Å². The van der Waals surface area contributed by atoms with Crippen molar-refractivity contribution >= 4 is 11.3 Å². The molecule has 1 aliphatic heterocycles. The van der Waals surface area contributed by atoms with Gasteiger partial charge in [0.15, 0.2) is 0 Å². The van der Waals surface area contributed by atoms with Crippen LogP contribution < -0.4 is 5.32 Å². The number of nitrogens with zero attached hydrogens (tertiary/aromatic N) is 2. The summed E-state index contributed by atoms with van der Waals surface area (Å²) in [6.07, 6.45) is 4.52. The van der Waals surface area contributed by atoms with E-state index < -0.39 is 0 Å². The van der Waals surface area contributed by atoms with Crippen LogP contribution in [0.4, 0.5) is 0 Å². The molecule has 0 unspecified atom stereocenters. The second-order valence-corrected chi connectivity index (χ2v) is 6.48. The predicted molar refractivity (Wildman–Crippen MR) is 73.4 cm³/mol. The molecule has 1 saturated heterocycles. The summed E-state index contributed by atoms with van der Waals surface area (Å²) in [5.74, 6) is 0.824. The molecular formula is C13H23N3S. The highest BCUT2D eigenvalue weighted by molar-refractivity contribution is 7.09. The molecule has 0 saturated carbocycles. The molecule has 0 radical (unpaired) electrons. The lowest BCUT2D eigenvalue weighted by molar-refractivity contribution is 0.205. The maximum atomic E-state index is 4.41. The highest BCUT2D eigenvalue weighted by atomic mass is 32.1. The summed E-state index contributed by atoms with van der Waals surface area (Å²) in [5.41, 5.74) is 0.0114. The molecule has 1 aliphatic rings. The monoisotopic (exact) mass is 253 g/mol. The van der Waals surface area contributed by atoms with E-state index in [0.717, 1.165) is 12.5 Å². The highest BCUT2D eigenvalue weighted by Gasteiger charge is 2.25. The zero-order valence-electron chi connectivity index (χ0n) is 11.1. The fourth-order valence-electron chi connectivity index (χ4n) is 2.27. The van der Waals surface area contributed by atoms with Crippen molar-refractivity contribution in [2.45, 2.75) is 32.2 Å². The number of hydrogen-bond donors (Lipinski definition) is 1. The molecular weight excluding hydrogens is 230 g/mol. The van der Waals surface area contributed by atoms with Gasteiger partial charge in [-0.1, -0.05) is 0 Å². The van der Waals surface area contributed by atoms with E-state index >= 15 is 0 Å². The van der Waals surface area contributed by atoms with E-state index in [-0.39, 0.29) is 5.54 Å². The molecule has 1 fully saturated rings. The van der Waals surface area contributed by atoms with Gasteiger partial charge in [-0.05, 0) is 59.3 Å². The Balaban J connectivity index is 1.81. The molecule has 17 heavy (non-hydrogen) atoms. The lowest BCUT2D eigenvalue weighted by Crippen LogP contribution is -2.42. The minimum absolute atomic E-state index is 0.0114. The molecule has 2 heterocycles. The third-order valence-corrected chi connectivity index (χ3v) is 4.73. The van der Waals surface area contributed by atoms with Crippen LogP contribution in [0.1, 0.15) is 31.7 Å². The number of likely N-dealkylation sites (tertiary alicyclic amines) is 1. The maximum Gasteiger partial charge on any atom is 0.112 e. The SMILES string of the molecule is CN1CCC(CNC(C)(C)c2nccs2)CC1. The first-order valence-electron chi connectivity index (χ1n) is 6.41. The molecule has 0 bridgehead atoms. The third kappa shape index (κ3) is 3.50. The van der Waals surface area contributed by atoms with Gasteiger partial charge in [-0.25, -0.2) is 4.98 Å². The molecule has 0 aliphatic carbocycles. The molecule has 2 rings (SSSR count). The van der Waals surface area contributed by atoms with Gasteiger partial charge in [0.25, 0.3) is 0 Å². The van der Waals surface area contributed by atoms with Crippen molar-refractivity contribution in [2.75, 3.05) is 26.7 Å². The van der Waals surface area contributed by atoms with E-state index in [1.807, 2.05) is 11.6 Å². The second-order valence-electron chi connectivity index (χ2n) is 5.59. The summed E-state index contributed by atoms with van der Waals surface area (Å²) in [5, 5.41) is 6.91. The minimum Gasteiger partial charge on any atom is -0.306 e. The largest absolute Gasteiger partial charge is 0.306 e. The van der Waals surface area contributed by atoms with Crippen LogP contribution in [0.5, 0.6) is 0 Å². The van der Waals surface area contributed by atoms with Gasteiger partial charge < -0.3 is 10.2 Å². The van der Waals surface area contributed by atoms with Gasteiger partial charge in [0.05, 0.1) is 5.54 Å². The lowest BCUT2D eigenvalue weighted by atomic mass is 9.95. The molecule has 0 aromatic carbocycles. The molecule has 1 aromatic rings. The molecule has 0 atom stereocenters. The predicted octanol–water partition coefficient (Wildman–Crippen LogP) is 2.31. The summed E-state index contributed by atoms with van der Waals surface area (Å²) >= 11 is 1.74. The Bertz CT molecular complexity index is 326. The Kier molecular flexibility index (Phi) is 4.17. The Hall–Kier alpha value is -0.450. The van der Waals surface area contributed by atoms with Crippen LogP contribution in [-0.4, -0.2) is 36.6 Å². The van der Waals surface area contributed by atoms with Gasteiger partial charge in [0, 0.05) is 11.6 Å². The van der Waals surface area contributed by atoms with Crippen LogP contribution in [0.25, 0.3) is 0 Å². The Morgan fingerprint density at radius 1 is 1.47 bits per heavy atom. The number of aromatic nitrogens is 1. The van der Waals surface area contributed by atoms with Crippen molar-refractivity contribution in [1.82, 2.24) is 15.2 Å². The van der Waals surface area contributed by atoms with Gasteiger partial charge in [-0.15, -0.1) is 11.3 Å². The number of thiazole rings is 1. The van der Waals surface area contributed by atoms with Crippen LogP contribution in [0, 0.1) is 5.92 Å². The second kappa shape index (κ2) is 5.46. The molecule has 0 spiro atoms. The van der Waals surface area contributed by atoms with E-state index in [1.165, 1.54) is 30.9 Å². The fourth-order valence-corrected chi connectivity index (χ4v) is 3.01. The Labute approximate surface area is 108 Å². The first kappa shape index (κ1) is 13.0. The topological polar surface area (TPSA) is 28.2 Å². The van der Waals surface area contributed by atoms with Crippen molar-refractivity contribution in [3.8, 4) is 0 Å². The van der Waals surface area contributed by atoms with Gasteiger partial charge in [-0.2, -0.15) is 0 Å². The van der Waals surface area contributed by atoms with Gasteiger partial charge in [0.1, 0.15) is 5.01 Å². The van der Waals surface area contributed by atoms with Crippen LogP contribution in [-0.2, 0) is 5.54 Å². The molecule has 1 aromatic heterocycles. The molecule has 3 nitrogen and oxygen atoms in total. The van der Waals surface area contributed by atoms with Crippen LogP contribution >= 0.6 is 11.3 Å². The molecule has 4 heteroatoms. The summed E-state index contributed by atoms with van der Waals surface area (Å²) in [4.78, 5) is 6.83. The average Bonchev–Trinajstić information content (AvgIpc) is 2.82. The quantitative estimate of drug-likeness (QED) is 0.892. The average molecular weight is 253 g/mol. The summed E-state index contributed by atoms with van der Waals surface area (Å²) < 4.78 is 0. The molecule has 96 valence electrons. The zero-order chi connectivity index (χ0) is 12.3. The maximum absolute atomic E-state index is 4.41. The molecule has 0 amide bonds. The van der Waals surface area contributed by atoms with Gasteiger partial charge in [-0.3, -0.25) is 0 Å². The van der Waals surface area contributed by atoms with Gasteiger partial charge >= 0.3 is 0 Å². The van der Waals surface area contributed by atoms with Crippen molar-refractivity contribution in [1.29, 1.82) is 0 Å². The first-order chi connectivity index (χ1) is 8.08. The molecule has 1 N–H and O–H groups in total. The Morgan fingerprint density at radius 3 is 2.76 bits per heavy atom. The minimum atomic E-state index is 0.0114. The van der Waals surface area contributed by atoms with Gasteiger partial charge in [0.2, 0.25) is 0 Å². The summed E-state index contributed by atoms with van der Waals surface area (Å²) in [6, 6.07) is 0. The highest BCUT2D eigenvalue weighted by Crippen LogP contribution is 2.23. The Morgan fingerprint density at radius 2 is 2.18 bits per heavy atom. The van der Waals surface area contributed by atoms with E-state index in [2.05, 4.69) is 36.1 Å². The van der Waals surface area contributed by atoms with Crippen LogP contribution in [0.3, 0.4) is 0 Å². The number of hydrogen-bond acceptors (Lipinski definition) is 4. The smallest absolute Gasteiger partial charge is 0.112 e. The van der Waals surface area contributed by atoms with Crippen molar-refractivity contribution in [3.63, 3.8) is 0 Å². The summed E-state index contributed by atoms with van der Waals surface area (Å²) in [6.45, 7) is 8.04. The van der Waals surface area contributed by atoms with E-state index in [9.17, 15) is 0 Å². The van der Waals surface area contributed by atoms with E-state index in [0.29, 0.717) is 0 Å². The van der Waals surface area contributed by atoms with E-state index in [1.54, 1.807) is 11.3 Å². The fraction of sp³-hybridized carbons (Fsp3) is 0.769. The van der Waals surface area contributed by atoms with Crippen molar-refractivity contribution in [2.24, 2.45) is 5.92 Å². The first-order valence-corrected chi connectivity index (χ1v) is 7.29. The van der Waals surface area contributed by atoms with E-state index in [4.69, 9.17) is 0 Å². The number of piperidine rings is 1. The standard InChI is InChI=1S/C13H23N3S/c1-13(2,12-14-6-9-17-12)15-10-11-4-7-16(3)8-5-11/h6,9,11,15H,4-5,7-8,10H2,1-3H3. The summed E-state index contributed by atoms with van der Waals surface area (Å²) in [7, 11) is 2.21. The third-order valence-electron chi connectivity index (χ3n) is 3.64.